The minimum atomic E-state index is -0.817. The van der Waals surface area contributed by atoms with Gasteiger partial charge in [-0.15, -0.1) is 0 Å². The Balaban J connectivity index is 4.28. The molecule has 0 saturated carbocycles. The molecule has 83 heavy (non-hydrogen) atoms. The fourth-order valence-electron chi connectivity index (χ4n) is 9.52. The summed E-state index contributed by atoms with van der Waals surface area (Å²) < 4.78 is 16.9. The molecule has 0 aromatic carbocycles. The molecule has 6 heteroatoms. The van der Waals surface area contributed by atoms with E-state index in [0.717, 1.165) is 109 Å². The van der Waals surface area contributed by atoms with Crippen LogP contribution in [0.1, 0.15) is 316 Å². The van der Waals surface area contributed by atoms with Crippen LogP contribution in [0.5, 0.6) is 0 Å². The first-order valence-corrected chi connectivity index (χ1v) is 34.7. The third-order valence-corrected chi connectivity index (χ3v) is 14.6. The minimum absolute atomic E-state index is 0.105. The van der Waals surface area contributed by atoms with Crippen molar-refractivity contribution in [1.82, 2.24) is 0 Å². The summed E-state index contributed by atoms with van der Waals surface area (Å²) in [6.45, 7) is 6.35. The summed E-state index contributed by atoms with van der Waals surface area (Å²) >= 11 is 0. The number of ether oxygens (including phenoxy) is 3. The van der Waals surface area contributed by atoms with Crippen LogP contribution in [0.2, 0.25) is 0 Å². The number of allylic oxidation sites excluding steroid dienone is 22. The number of unbranched alkanes of at least 4 members (excludes halogenated alkanes) is 29. The van der Waals surface area contributed by atoms with E-state index in [2.05, 4.69) is 148 Å². The van der Waals surface area contributed by atoms with Gasteiger partial charge in [0.2, 0.25) is 0 Å². The lowest BCUT2D eigenvalue weighted by Crippen LogP contribution is -2.30. The third-order valence-electron chi connectivity index (χ3n) is 14.6. The lowest BCUT2D eigenvalue weighted by Gasteiger charge is -2.18. The second-order valence-corrected chi connectivity index (χ2v) is 22.7. The van der Waals surface area contributed by atoms with Crippen molar-refractivity contribution in [1.29, 1.82) is 0 Å². The summed E-state index contributed by atoms with van der Waals surface area (Å²) in [4.78, 5) is 38.3. The molecule has 1 atom stereocenters. The number of carbonyl (C=O) groups excluding carboxylic acids is 3. The van der Waals surface area contributed by atoms with E-state index in [0.29, 0.717) is 19.3 Å². The van der Waals surface area contributed by atoms with Gasteiger partial charge in [0.05, 0.1) is 0 Å². The van der Waals surface area contributed by atoms with Gasteiger partial charge in [0.15, 0.2) is 6.10 Å². The molecule has 0 aliphatic heterocycles. The Morgan fingerprint density at radius 2 is 0.494 bits per heavy atom. The largest absolute Gasteiger partial charge is 0.462 e. The molecule has 1 unspecified atom stereocenters. The zero-order chi connectivity index (χ0) is 59.9. The molecule has 0 aliphatic carbocycles. The highest BCUT2D eigenvalue weighted by Crippen LogP contribution is 2.17. The van der Waals surface area contributed by atoms with Crippen molar-refractivity contribution >= 4 is 17.9 Å². The molecule has 0 N–H and O–H groups in total. The fraction of sp³-hybridized carbons (Fsp3) is 0.675. The normalized spacial score (nSPS) is 13.0. The highest BCUT2D eigenvalue weighted by Gasteiger charge is 2.19. The molecule has 0 heterocycles. The minimum Gasteiger partial charge on any atom is -0.462 e. The molecule has 0 spiro atoms. The molecule has 0 bridgehead atoms. The molecule has 0 aliphatic rings. The van der Waals surface area contributed by atoms with Crippen LogP contribution in [0.3, 0.4) is 0 Å². The van der Waals surface area contributed by atoms with E-state index in [1.165, 1.54) is 161 Å². The maximum Gasteiger partial charge on any atom is 0.306 e. The quantitative estimate of drug-likeness (QED) is 0.0261. The van der Waals surface area contributed by atoms with Crippen LogP contribution in [0.25, 0.3) is 0 Å². The van der Waals surface area contributed by atoms with Crippen molar-refractivity contribution in [2.75, 3.05) is 13.2 Å². The Morgan fingerprint density at radius 3 is 0.807 bits per heavy atom. The summed E-state index contributed by atoms with van der Waals surface area (Å²) in [7, 11) is 0. The second kappa shape index (κ2) is 70.0. The maximum atomic E-state index is 12.9. The Labute approximate surface area is 513 Å². The highest BCUT2D eigenvalue weighted by molar-refractivity contribution is 5.71. The van der Waals surface area contributed by atoms with Crippen molar-refractivity contribution in [3.05, 3.63) is 134 Å². The average molecular weight is 1150 g/mol. The number of carbonyl (C=O) groups is 3. The molecular weight excluding hydrogens is 1020 g/mol. The van der Waals surface area contributed by atoms with Crippen LogP contribution in [0, 0.1) is 0 Å². The van der Waals surface area contributed by atoms with Gasteiger partial charge in [-0.05, 0) is 122 Å². The zero-order valence-corrected chi connectivity index (χ0v) is 54.2. The SMILES string of the molecule is CC/C=C\C/C=C\C/C=C\C/C=C\CCCCCCCCCCC(=O)OC(COC(=O)CC/C=C\C/C=C\C/C=C\C/C=C\CC)COC(=O)CCCCCCCCCCCCCCCCCC/C=C\C/C=C\C/C=C\CCCCCCC. The van der Waals surface area contributed by atoms with Gasteiger partial charge in [0, 0.05) is 19.3 Å². The van der Waals surface area contributed by atoms with Crippen molar-refractivity contribution in [2.24, 2.45) is 0 Å². The zero-order valence-electron chi connectivity index (χ0n) is 54.2. The molecule has 0 saturated heterocycles. The van der Waals surface area contributed by atoms with E-state index in [1.807, 2.05) is 6.08 Å². The molecule has 0 radical (unpaired) electrons. The van der Waals surface area contributed by atoms with Gasteiger partial charge in [0.1, 0.15) is 13.2 Å². The van der Waals surface area contributed by atoms with Crippen molar-refractivity contribution in [3.63, 3.8) is 0 Å². The Morgan fingerprint density at radius 1 is 0.253 bits per heavy atom. The molecule has 0 aromatic heterocycles. The van der Waals surface area contributed by atoms with Gasteiger partial charge >= 0.3 is 17.9 Å². The predicted molar refractivity (Wildman–Crippen MR) is 362 cm³/mol. The van der Waals surface area contributed by atoms with Gasteiger partial charge in [-0.2, -0.15) is 0 Å². The summed E-state index contributed by atoms with van der Waals surface area (Å²) in [5, 5.41) is 0. The molecule has 0 aromatic rings. The predicted octanol–water partition coefficient (Wildman–Crippen LogP) is 24.1. The van der Waals surface area contributed by atoms with E-state index in [9.17, 15) is 14.4 Å². The second-order valence-electron chi connectivity index (χ2n) is 22.7. The van der Waals surface area contributed by atoms with Gasteiger partial charge in [0.25, 0.3) is 0 Å². The Bertz CT molecular complexity index is 1750. The number of esters is 3. The van der Waals surface area contributed by atoms with E-state index in [-0.39, 0.29) is 37.5 Å². The lowest BCUT2D eigenvalue weighted by atomic mass is 10.0. The Hall–Kier alpha value is -4.45. The summed E-state index contributed by atoms with van der Waals surface area (Å²) in [6.07, 6.45) is 99.3. The number of hydrogen-bond acceptors (Lipinski definition) is 6. The van der Waals surface area contributed by atoms with Crippen LogP contribution in [0.4, 0.5) is 0 Å². The van der Waals surface area contributed by atoms with Gasteiger partial charge in [-0.25, -0.2) is 0 Å². The van der Waals surface area contributed by atoms with Crippen LogP contribution in [-0.4, -0.2) is 37.2 Å². The fourth-order valence-corrected chi connectivity index (χ4v) is 9.52. The van der Waals surface area contributed by atoms with Gasteiger partial charge < -0.3 is 14.2 Å². The van der Waals surface area contributed by atoms with E-state index in [1.54, 1.807) is 0 Å². The molecule has 472 valence electrons. The van der Waals surface area contributed by atoms with E-state index < -0.39 is 6.10 Å². The topological polar surface area (TPSA) is 78.9 Å². The Kier molecular flexibility index (Phi) is 66.3. The summed E-state index contributed by atoms with van der Waals surface area (Å²) in [6, 6.07) is 0. The van der Waals surface area contributed by atoms with Crippen molar-refractivity contribution in [3.8, 4) is 0 Å². The molecule has 0 amide bonds. The highest BCUT2D eigenvalue weighted by atomic mass is 16.6. The molecule has 0 rings (SSSR count). The summed E-state index contributed by atoms with van der Waals surface area (Å²) in [5.41, 5.74) is 0. The van der Waals surface area contributed by atoms with E-state index >= 15 is 0 Å². The molecular formula is C77H128O6. The molecule has 0 fully saturated rings. The first-order valence-electron chi connectivity index (χ1n) is 34.7. The maximum absolute atomic E-state index is 12.9. The van der Waals surface area contributed by atoms with Crippen LogP contribution < -0.4 is 0 Å². The summed E-state index contributed by atoms with van der Waals surface area (Å²) in [5.74, 6) is -0.993. The van der Waals surface area contributed by atoms with Gasteiger partial charge in [-0.1, -0.05) is 309 Å². The number of rotatable bonds is 62. The van der Waals surface area contributed by atoms with E-state index in [4.69, 9.17) is 14.2 Å². The first-order chi connectivity index (χ1) is 41.0. The number of hydrogen-bond donors (Lipinski definition) is 0. The van der Waals surface area contributed by atoms with Crippen molar-refractivity contribution < 1.29 is 28.6 Å². The van der Waals surface area contributed by atoms with Crippen LogP contribution in [0.15, 0.2) is 134 Å². The first kappa shape index (κ1) is 78.5. The van der Waals surface area contributed by atoms with Crippen LogP contribution >= 0.6 is 0 Å². The lowest BCUT2D eigenvalue weighted by molar-refractivity contribution is -0.166. The smallest absolute Gasteiger partial charge is 0.306 e. The monoisotopic (exact) mass is 1150 g/mol. The van der Waals surface area contributed by atoms with Crippen LogP contribution in [-0.2, 0) is 28.6 Å². The van der Waals surface area contributed by atoms with Crippen molar-refractivity contribution in [2.45, 2.75) is 322 Å². The average Bonchev–Trinajstić information content (AvgIpc) is 3.49. The third kappa shape index (κ3) is 68.2. The molecule has 6 nitrogen and oxygen atoms in total. The standard InChI is InChI=1S/C77H128O6/c1-4-7-10-13-16-19-22-25-27-29-31-33-34-35-36-37-38-39-40-41-42-44-45-47-49-52-55-58-61-64-67-70-76(79)82-73-74(72-81-75(78)69-66-63-60-57-54-51-24-21-18-15-12-9-6-3)83-77(80)71-68-65-62-59-56-53-50-48-46-43-32-30-28-26-23-20-17-14-11-8-5-2/h8-9,11-12,17-18,20-22,25-26,28-29,31-32,34-35,43,51,54,60,63,74H,4-7,10,13-16,19,23-24,27,30,33,36-42,44-50,52-53,55-59,61-62,64-73H2,1-3H3/b11-8-,12-9-,20-17-,21-18-,25-22-,28-26-,31-29-,35-34-,43-32-,54-51-,63-60-. The van der Waals surface area contributed by atoms with Gasteiger partial charge in [-0.3, -0.25) is 14.4 Å².